The lowest BCUT2D eigenvalue weighted by Gasteiger charge is -2.34. The van der Waals surface area contributed by atoms with Gasteiger partial charge in [-0.2, -0.15) is 0 Å². The molecule has 0 spiro atoms. The molecule has 0 radical (unpaired) electrons. The van der Waals surface area contributed by atoms with Crippen molar-refractivity contribution < 1.29 is 4.39 Å². The number of alkyl halides is 1. The number of piperazine rings is 1. The number of aromatic amines is 1. The molecule has 2 N–H and O–H groups in total. The van der Waals surface area contributed by atoms with E-state index in [1.165, 1.54) is 0 Å². The molecule has 5 heteroatoms. The van der Waals surface area contributed by atoms with E-state index < -0.39 is 0 Å². The number of nitrogens with one attached hydrogen (secondary N) is 2. The predicted octanol–water partition coefficient (Wildman–Crippen LogP) is 1.31. The minimum absolute atomic E-state index is 0.0713. The molecule has 0 aliphatic carbocycles. The Balaban J connectivity index is 1.94. The van der Waals surface area contributed by atoms with Crippen LogP contribution in [0.15, 0.2) is 24.5 Å². The molecule has 1 aliphatic heterocycles. The van der Waals surface area contributed by atoms with Gasteiger partial charge in [-0.15, -0.1) is 0 Å². The minimum atomic E-state index is -0.326. The van der Waals surface area contributed by atoms with Crippen LogP contribution < -0.4 is 10.2 Å². The molecule has 1 aromatic carbocycles. The Morgan fingerprint density at radius 3 is 3.29 bits per heavy atom. The highest BCUT2D eigenvalue weighted by Gasteiger charge is 2.21. The van der Waals surface area contributed by atoms with Crippen LogP contribution in [0.5, 0.6) is 0 Å². The van der Waals surface area contributed by atoms with Gasteiger partial charge in [-0.3, -0.25) is 0 Å². The summed E-state index contributed by atoms with van der Waals surface area (Å²) in [5.41, 5.74) is 3.08. The largest absolute Gasteiger partial charge is 0.367 e. The van der Waals surface area contributed by atoms with Gasteiger partial charge in [-0.1, -0.05) is 6.07 Å². The first-order valence-corrected chi connectivity index (χ1v) is 5.85. The smallest absolute Gasteiger partial charge is 0.112 e. The van der Waals surface area contributed by atoms with E-state index in [0.29, 0.717) is 6.54 Å². The zero-order valence-corrected chi connectivity index (χ0v) is 9.49. The van der Waals surface area contributed by atoms with E-state index in [4.69, 9.17) is 0 Å². The van der Waals surface area contributed by atoms with Crippen molar-refractivity contribution in [1.29, 1.82) is 0 Å². The predicted molar refractivity (Wildman–Crippen MR) is 66.1 cm³/mol. The molecule has 1 fully saturated rings. The maximum absolute atomic E-state index is 12.7. The lowest BCUT2D eigenvalue weighted by molar-refractivity contribution is 0.353. The SMILES string of the molecule is FCC1CN(c2cccc3[nH]cnc23)CCN1. The topological polar surface area (TPSA) is 44.0 Å². The number of H-pyrrole nitrogens is 1. The summed E-state index contributed by atoms with van der Waals surface area (Å²) in [5.74, 6) is 0. The lowest BCUT2D eigenvalue weighted by atomic mass is 10.2. The zero-order valence-electron chi connectivity index (χ0n) is 9.49. The maximum atomic E-state index is 12.7. The molecule has 1 aromatic heterocycles. The van der Waals surface area contributed by atoms with Gasteiger partial charge in [0.15, 0.2) is 0 Å². The highest BCUT2D eigenvalue weighted by atomic mass is 19.1. The Morgan fingerprint density at radius 1 is 1.47 bits per heavy atom. The Kier molecular flexibility index (Phi) is 2.68. The van der Waals surface area contributed by atoms with Crippen LogP contribution in [0.3, 0.4) is 0 Å². The number of hydrogen-bond donors (Lipinski definition) is 2. The van der Waals surface area contributed by atoms with Crippen molar-refractivity contribution in [2.45, 2.75) is 6.04 Å². The quantitative estimate of drug-likeness (QED) is 0.823. The van der Waals surface area contributed by atoms with Crippen LogP contribution in [0.4, 0.5) is 10.1 Å². The highest BCUT2D eigenvalue weighted by molar-refractivity contribution is 5.88. The van der Waals surface area contributed by atoms with E-state index in [0.717, 1.165) is 29.8 Å². The number of hydrogen-bond acceptors (Lipinski definition) is 3. The molecular formula is C12H15FN4. The van der Waals surface area contributed by atoms with Gasteiger partial charge in [0.25, 0.3) is 0 Å². The van der Waals surface area contributed by atoms with E-state index in [-0.39, 0.29) is 12.7 Å². The second-order valence-electron chi connectivity index (χ2n) is 4.33. The standard InChI is InChI=1S/C12H15FN4/c13-6-9-7-17(5-4-14-9)11-3-1-2-10-12(11)16-8-15-10/h1-3,8-9,14H,4-7H2,(H,15,16). The number of imidazole rings is 1. The fourth-order valence-corrected chi connectivity index (χ4v) is 2.35. The van der Waals surface area contributed by atoms with Crippen LogP contribution in [0.25, 0.3) is 11.0 Å². The molecular weight excluding hydrogens is 219 g/mol. The van der Waals surface area contributed by atoms with Crippen LogP contribution in [0, 0.1) is 0 Å². The van der Waals surface area contributed by atoms with Crippen LogP contribution in [0.2, 0.25) is 0 Å². The average Bonchev–Trinajstić information content (AvgIpc) is 2.87. The van der Waals surface area contributed by atoms with Crippen molar-refractivity contribution in [1.82, 2.24) is 15.3 Å². The van der Waals surface area contributed by atoms with Crippen molar-refractivity contribution >= 4 is 16.7 Å². The van der Waals surface area contributed by atoms with Gasteiger partial charge in [-0.25, -0.2) is 9.37 Å². The number of halogens is 1. The summed E-state index contributed by atoms with van der Waals surface area (Å²) in [5, 5.41) is 3.17. The molecule has 3 rings (SSSR count). The summed E-state index contributed by atoms with van der Waals surface area (Å²) < 4.78 is 12.7. The van der Waals surface area contributed by atoms with Gasteiger partial charge in [-0.05, 0) is 12.1 Å². The summed E-state index contributed by atoms with van der Waals surface area (Å²) in [6, 6.07) is 5.98. The van der Waals surface area contributed by atoms with E-state index >= 15 is 0 Å². The number of benzene rings is 1. The van der Waals surface area contributed by atoms with E-state index in [9.17, 15) is 4.39 Å². The number of aromatic nitrogens is 2. The Labute approximate surface area is 98.8 Å². The van der Waals surface area contributed by atoms with Gasteiger partial charge >= 0.3 is 0 Å². The molecule has 0 saturated carbocycles. The molecule has 2 aromatic rings. The second kappa shape index (κ2) is 4.33. The molecule has 1 aliphatic rings. The third kappa shape index (κ3) is 1.86. The zero-order chi connectivity index (χ0) is 11.7. The first kappa shape index (κ1) is 10.5. The number of anilines is 1. The van der Waals surface area contributed by atoms with Gasteiger partial charge in [0.05, 0.1) is 23.6 Å². The molecule has 1 unspecified atom stereocenters. The Hall–Kier alpha value is -1.62. The van der Waals surface area contributed by atoms with Crippen LogP contribution in [-0.4, -0.2) is 42.3 Å². The summed E-state index contributed by atoms with van der Waals surface area (Å²) in [7, 11) is 0. The summed E-state index contributed by atoms with van der Waals surface area (Å²) in [6.45, 7) is 2.08. The van der Waals surface area contributed by atoms with Crippen molar-refractivity contribution in [2.24, 2.45) is 0 Å². The van der Waals surface area contributed by atoms with E-state index in [2.05, 4.69) is 20.2 Å². The van der Waals surface area contributed by atoms with E-state index in [1.807, 2.05) is 18.2 Å². The Bertz CT molecular complexity index is 510. The molecule has 0 bridgehead atoms. The number of rotatable bonds is 2. The summed E-state index contributed by atoms with van der Waals surface area (Å²) in [6.07, 6.45) is 1.70. The van der Waals surface area contributed by atoms with Crippen LogP contribution in [0.1, 0.15) is 0 Å². The summed E-state index contributed by atoms with van der Waals surface area (Å²) >= 11 is 0. The van der Waals surface area contributed by atoms with Crippen LogP contribution >= 0.6 is 0 Å². The normalized spacial score (nSPS) is 21.0. The number of fused-ring (bicyclic) bond motifs is 1. The van der Waals surface area contributed by atoms with Crippen molar-refractivity contribution in [2.75, 3.05) is 31.2 Å². The third-order valence-electron chi connectivity index (χ3n) is 3.21. The number of nitrogens with zero attached hydrogens (tertiary/aromatic N) is 2. The minimum Gasteiger partial charge on any atom is -0.367 e. The van der Waals surface area contributed by atoms with Crippen LogP contribution in [-0.2, 0) is 0 Å². The Morgan fingerprint density at radius 2 is 2.41 bits per heavy atom. The first-order chi connectivity index (χ1) is 8.38. The first-order valence-electron chi connectivity index (χ1n) is 5.85. The monoisotopic (exact) mass is 234 g/mol. The number of para-hydroxylation sites is 1. The third-order valence-corrected chi connectivity index (χ3v) is 3.21. The average molecular weight is 234 g/mol. The van der Waals surface area contributed by atoms with Crippen molar-refractivity contribution in [3.8, 4) is 0 Å². The van der Waals surface area contributed by atoms with E-state index in [1.54, 1.807) is 6.33 Å². The molecule has 90 valence electrons. The fraction of sp³-hybridized carbons (Fsp3) is 0.417. The highest BCUT2D eigenvalue weighted by Crippen LogP contribution is 2.24. The van der Waals surface area contributed by atoms with Crippen molar-refractivity contribution in [3.63, 3.8) is 0 Å². The fourth-order valence-electron chi connectivity index (χ4n) is 2.35. The van der Waals surface area contributed by atoms with Crippen molar-refractivity contribution in [3.05, 3.63) is 24.5 Å². The van der Waals surface area contributed by atoms with Gasteiger partial charge < -0.3 is 15.2 Å². The molecule has 1 atom stereocenters. The molecule has 4 nitrogen and oxygen atoms in total. The summed E-state index contributed by atoms with van der Waals surface area (Å²) in [4.78, 5) is 9.63. The second-order valence-corrected chi connectivity index (χ2v) is 4.33. The molecule has 17 heavy (non-hydrogen) atoms. The molecule has 1 saturated heterocycles. The maximum Gasteiger partial charge on any atom is 0.112 e. The molecule has 2 heterocycles. The molecule has 0 amide bonds. The van der Waals surface area contributed by atoms with Gasteiger partial charge in [0.2, 0.25) is 0 Å². The van der Waals surface area contributed by atoms with Gasteiger partial charge in [0, 0.05) is 19.6 Å². The van der Waals surface area contributed by atoms with Gasteiger partial charge in [0.1, 0.15) is 12.2 Å². The lowest BCUT2D eigenvalue weighted by Crippen LogP contribution is -2.51.